The zero-order valence-corrected chi connectivity index (χ0v) is 10.6. The van der Waals surface area contributed by atoms with Gasteiger partial charge in [0.2, 0.25) is 0 Å². The Kier molecular flexibility index (Phi) is 2.97. The van der Waals surface area contributed by atoms with Gasteiger partial charge in [0.15, 0.2) is 0 Å². The van der Waals surface area contributed by atoms with Crippen LogP contribution in [0, 0.1) is 0 Å². The molecule has 0 radical (unpaired) electrons. The van der Waals surface area contributed by atoms with Gasteiger partial charge in [-0.1, -0.05) is 11.6 Å². The summed E-state index contributed by atoms with van der Waals surface area (Å²) in [6.07, 6.45) is 2.83. The maximum atomic E-state index is 6.02. The summed E-state index contributed by atoms with van der Waals surface area (Å²) in [7, 11) is 0. The summed E-state index contributed by atoms with van der Waals surface area (Å²) in [5.74, 6) is 0.318. The number of aromatic nitrogens is 2. The molecule has 0 saturated carbocycles. The van der Waals surface area contributed by atoms with Gasteiger partial charge < -0.3 is 10.5 Å². The molecule has 1 unspecified atom stereocenters. The van der Waals surface area contributed by atoms with E-state index in [0.717, 1.165) is 30.1 Å². The third kappa shape index (κ3) is 2.09. The van der Waals surface area contributed by atoms with E-state index in [2.05, 4.69) is 5.10 Å². The maximum absolute atomic E-state index is 6.02. The molecule has 0 amide bonds. The summed E-state index contributed by atoms with van der Waals surface area (Å²) in [6, 6.07) is 7.52. The van der Waals surface area contributed by atoms with Crippen LogP contribution in [-0.2, 0) is 4.74 Å². The van der Waals surface area contributed by atoms with E-state index in [1.807, 2.05) is 30.5 Å². The van der Waals surface area contributed by atoms with Crippen molar-refractivity contribution in [3.8, 4) is 5.69 Å². The Morgan fingerprint density at radius 2 is 2.11 bits per heavy atom. The van der Waals surface area contributed by atoms with Gasteiger partial charge in [-0.25, -0.2) is 4.68 Å². The van der Waals surface area contributed by atoms with Crippen molar-refractivity contribution in [1.29, 1.82) is 0 Å². The lowest BCUT2D eigenvalue weighted by Gasteiger charge is -2.04. The monoisotopic (exact) mass is 263 g/mol. The summed E-state index contributed by atoms with van der Waals surface area (Å²) < 4.78 is 7.17. The first-order chi connectivity index (χ1) is 8.74. The highest BCUT2D eigenvalue weighted by atomic mass is 35.5. The fourth-order valence-corrected chi connectivity index (χ4v) is 2.32. The lowest BCUT2D eigenvalue weighted by Crippen LogP contribution is -2.03. The number of ether oxygens (including phenoxy) is 1. The highest BCUT2D eigenvalue weighted by Crippen LogP contribution is 2.29. The first-order valence-corrected chi connectivity index (χ1v) is 6.30. The Labute approximate surface area is 110 Å². The predicted octanol–water partition coefficient (Wildman–Crippen LogP) is 2.61. The molecule has 3 rings (SSSR count). The van der Waals surface area contributed by atoms with Crippen molar-refractivity contribution in [1.82, 2.24) is 9.78 Å². The van der Waals surface area contributed by atoms with Crippen molar-refractivity contribution >= 4 is 17.3 Å². The molecular formula is C13H14ClN3O. The number of nitrogens with zero attached hydrogens (tertiary/aromatic N) is 2. The van der Waals surface area contributed by atoms with Gasteiger partial charge in [-0.2, -0.15) is 5.10 Å². The van der Waals surface area contributed by atoms with Gasteiger partial charge in [0.25, 0.3) is 0 Å². The summed E-state index contributed by atoms with van der Waals surface area (Å²) in [6.45, 7) is 1.50. The van der Waals surface area contributed by atoms with Crippen LogP contribution in [0.5, 0.6) is 0 Å². The minimum atomic E-state index is 0.318. The van der Waals surface area contributed by atoms with Crippen LogP contribution in [0.4, 0.5) is 5.69 Å². The van der Waals surface area contributed by atoms with Crippen LogP contribution in [0.3, 0.4) is 0 Å². The van der Waals surface area contributed by atoms with Gasteiger partial charge in [0.1, 0.15) is 0 Å². The van der Waals surface area contributed by atoms with E-state index in [9.17, 15) is 0 Å². The van der Waals surface area contributed by atoms with Crippen LogP contribution in [0.25, 0.3) is 5.69 Å². The molecule has 18 heavy (non-hydrogen) atoms. The quantitative estimate of drug-likeness (QED) is 0.906. The third-order valence-electron chi connectivity index (χ3n) is 3.18. The van der Waals surface area contributed by atoms with Gasteiger partial charge in [-0.05, 0) is 30.7 Å². The molecule has 1 atom stereocenters. The van der Waals surface area contributed by atoms with E-state index in [1.54, 1.807) is 4.68 Å². The summed E-state index contributed by atoms with van der Waals surface area (Å²) in [5, 5.41) is 5.27. The average molecular weight is 264 g/mol. The number of halogens is 1. The normalized spacial score (nSPS) is 19.3. The van der Waals surface area contributed by atoms with Gasteiger partial charge in [0, 0.05) is 17.5 Å². The summed E-state index contributed by atoms with van der Waals surface area (Å²) >= 11 is 5.87. The molecule has 2 heterocycles. The number of nitrogens with two attached hydrogens (primary N) is 1. The lowest BCUT2D eigenvalue weighted by molar-refractivity contribution is 0.193. The second kappa shape index (κ2) is 4.63. The highest BCUT2D eigenvalue weighted by Gasteiger charge is 2.23. The Balaban J connectivity index is 1.94. The number of hydrogen-bond acceptors (Lipinski definition) is 3. The van der Waals surface area contributed by atoms with E-state index in [4.69, 9.17) is 22.1 Å². The van der Waals surface area contributed by atoms with Crippen molar-refractivity contribution < 1.29 is 4.74 Å². The fraction of sp³-hybridized carbons (Fsp3) is 0.308. The molecule has 94 valence electrons. The number of nitrogen functional groups attached to an aromatic ring is 1. The van der Waals surface area contributed by atoms with Gasteiger partial charge >= 0.3 is 0 Å². The molecule has 1 saturated heterocycles. The van der Waals surface area contributed by atoms with Crippen molar-refractivity contribution in [2.45, 2.75) is 12.3 Å². The molecule has 0 aliphatic carbocycles. The Morgan fingerprint density at radius 1 is 1.33 bits per heavy atom. The van der Waals surface area contributed by atoms with Crippen LogP contribution in [0.2, 0.25) is 5.02 Å². The number of benzene rings is 1. The lowest BCUT2D eigenvalue weighted by atomic mass is 10.0. The summed E-state index contributed by atoms with van der Waals surface area (Å²) in [4.78, 5) is 0. The van der Waals surface area contributed by atoms with Crippen LogP contribution >= 0.6 is 11.6 Å². The fourth-order valence-electron chi connectivity index (χ4n) is 2.19. The van der Waals surface area contributed by atoms with E-state index in [0.29, 0.717) is 17.5 Å². The second-order valence-electron chi connectivity index (χ2n) is 4.45. The number of rotatable bonds is 2. The van der Waals surface area contributed by atoms with Crippen LogP contribution in [-0.4, -0.2) is 23.0 Å². The second-order valence-corrected chi connectivity index (χ2v) is 4.89. The molecule has 0 spiro atoms. The molecule has 1 fully saturated rings. The Morgan fingerprint density at radius 3 is 2.78 bits per heavy atom. The molecule has 5 heteroatoms. The Bertz CT molecular complexity index is 544. The molecule has 0 bridgehead atoms. The minimum Gasteiger partial charge on any atom is -0.396 e. The topological polar surface area (TPSA) is 53.1 Å². The number of hydrogen-bond donors (Lipinski definition) is 1. The van der Waals surface area contributed by atoms with E-state index < -0.39 is 0 Å². The van der Waals surface area contributed by atoms with Gasteiger partial charge in [-0.15, -0.1) is 0 Å². The third-order valence-corrected chi connectivity index (χ3v) is 3.43. The maximum Gasteiger partial charge on any atom is 0.0912 e. The largest absolute Gasteiger partial charge is 0.396 e. The standard InChI is InChI=1S/C13H14ClN3O/c14-10-1-3-11(4-2-10)17-7-12(15)13(16-17)9-5-6-18-8-9/h1-4,7,9H,5-6,8,15H2. The smallest absolute Gasteiger partial charge is 0.0912 e. The molecule has 2 N–H and O–H groups in total. The molecule has 1 aromatic heterocycles. The van der Waals surface area contributed by atoms with E-state index in [1.165, 1.54) is 0 Å². The molecular weight excluding hydrogens is 250 g/mol. The molecule has 1 aliphatic heterocycles. The van der Waals surface area contributed by atoms with Crippen LogP contribution in [0.15, 0.2) is 30.5 Å². The Hall–Kier alpha value is -1.52. The van der Waals surface area contributed by atoms with Crippen molar-refractivity contribution in [3.05, 3.63) is 41.2 Å². The minimum absolute atomic E-state index is 0.318. The van der Waals surface area contributed by atoms with E-state index in [-0.39, 0.29) is 0 Å². The van der Waals surface area contributed by atoms with Crippen LogP contribution in [0.1, 0.15) is 18.0 Å². The molecule has 1 aliphatic rings. The van der Waals surface area contributed by atoms with E-state index >= 15 is 0 Å². The average Bonchev–Trinajstić information content (AvgIpc) is 2.99. The van der Waals surface area contributed by atoms with Crippen molar-refractivity contribution in [2.24, 2.45) is 0 Å². The van der Waals surface area contributed by atoms with Gasteiger partial charge in [0.05, 0.1) is 29.9 Å². The molecule has 2 aromatic rings. The first kappa shape index (κ1) is 11.6. The van der Waals surface area contributed by atoms with Crippen molar-refractivity contribution in [2.75, 3.05) is 18.9 Å². The first-order valence-electron chi connectivity index (χ1n) is 5.93. The SMILES string of the molecule is Nc1cn(-c2ccc(Cl)cc2)nc1C1CCOC1. The zero-order valence-electron chi connectivity index (χ0n) is 9.84. The predicted molar refractivity (Wildman–Crippen MR) is 71.2 cm³/mol. The summed E-state index contributed by atoms with van der Waals surface area (Å²) in [5.41, 5.74) is 8.63. The van der Waals surface area contributed by atoms with Crippen molar-refractivity contribution in [3.63, 3.8) is 0 Å². The van der Waals surface area contributed by atoms with Crippen LogP contribution < -0.4 is 5.73 Å². The highest BCUT2D eigenvalue weighted by molar-refractivity contribution is 6.30. The number of anilines is 1. The van der Waals surface area contributed by atoms with Gasteiger partial charge in [-0.3, -0.25) is 0 Å². The zero-order chi connectivity index (χ0) is 12.5. The molecule has 1 aromatic carbocycles. The molecule has 4 nitrogen and oxygen atoms in total.